The third kappa shape index (κ3) is 2.23. The summed E-state index contributed by atoms with van der Waals surface area (Å²) < 4.78 is 32.4. The fraction of sp³-hybridized carbons (Fsp3) is 0.118. The quantitative estimate of drug-likeness (QED) is 0.774. The summed E-state index contributed by atoms with van der Waals surface area (Å²) in [6, 6.07) is 2.20. The van der Waals surface area contributed by atoms with Crippen LogP contribution in [-0.4, -0.2) is 11.9 Å². The highest BCUT2D eigenvalue weighted by Crippen LogP contribution is 2.37. The van der Waals surface area contributed by atoms with E-state index in [1.807, 2.05) is 6.08 Å². The van der Waals surface area contributed by atoms with Gasteiger partial charge in [0.1, 0.15) is 6.10 Å². The van der Waals surface area contributed by atoms with E-state index in [1.165, 1.54) is 6.07 Å². The molecule has 0 saturated carbocycles. The molecule has 1 aliphatic heterocycles. The van der Waals surface area contributed by atoms with Gasteiger partial charge in [0, 0.05) is 0 Å². The van der Waals surface area contributed by atoms with Crippen LogP contribution in [0.1, 0.15) is 10.4 Å². The number of hydrogen-bond donors (Lipinski definition) is 0. The van der Waals surface area contributed by atoms with E-state index in [0.717, 1.165) is 11.6 Å². The molecule has 1 aromatic rings. The van der Waals surface area contributed by atoms with Crippen LogP contribution in [0.25, 0.3) is 0 Å². The van der Waals surface area contributed by atoms with Crippen LogP contribution in [0.15, 0.2) is 60.7 Å². The second kappa shape index (κ2) is 5.13. The van der Waals surface area contributed by atoms with Crippen molar-refractivity contribution in [2.45, 2.75) is 6.10 Å². The number of fused-ring (bicyclic) bond motifs is 2. The number of ether oxygens (including phenoxy) is 1. The van der Waals surface area contributed by atoms with Gasteiger partial charge in [-0.25, -0.2) is 4.39 Å². The molecule has 4 heteroatoms. The summed E-state index contributed by atoms with van der Waals surface area (Å²) in [4.78, 5) is 12.4. The van der Waals surface area contributed by atoms with Crippen molar-refractivity contribution in [3.05, 3.63) is 77.9 Å². The molecule has 0 aromatic heterocycles. The lowest BCUT2D eigenvalue weighted by atomic mass is 9.84. The van der Waals surface area contributed by atoms with Crippen LogP contribution >= 0.6 is 0 Å². The molecule has 2 aliphatic rings. The molecule has 3 rings (SSSR count). The SMILES string of the molecule is C=C/C=C\C1=CC2C(=O)c3ccc(F)c(F)c3OC2C=C1. The van der Waals surface area contributed by atoms with Crippen LogP contribution in [0.3, 0.4) is 0 Å². The first-order chi connectivity index (χ1) is 10.1. The minimum absolute atomic E-state index is 0.0775. The van der Waals surface area contributed by atoms with Gasteiger partial charge < -0.3 is 4.74 Å². The maximum Gasteiger partial charge on any atom is 0.201 e. The summed E-state index contributed by atoms with van der Waals surface area (Å²) in [7, 11) is 0. The Morgan fingerprint density at radius 3 is 2.86 bits per heavy atom. The van der Waals surface area contributed by atoms with Gasteiger partial charge in [0.2, 0.25) is 5.82 Å². The third-order valence-corrected chi connectivity index (χ3v) is 3.50. The molecule has 2 atom stereocenters. The van der Waals surface area contributed by atoms with Gasteiger partial charge in [0.25, 0.3) is 0 Å². The third-order valence-electron chi connectivity index (χ3n) is 3.50. The highest BCUT2D eigenvalue weighted by molar-refractivity contribution is 6.03. The molecule has 0 fully saturated rings. The van der Waals surface area contributed by atoms with Gasteiger partial charge in [-0.2, -0.15) is 4.39 Å². The Hall–Kier alpha value is -2.49. The van der Waals surface area contributed by atoms with Gasteiger partial charge in [0.15, 0.2) is 17.3 Å². The first-order valence-electron chi connectivity index (χ1n) is 6.50. The Morgan fingerprint density at radius 1 is 1.29 bits per heavy atom. The summed E-state index contributed by atoms with van der Waals surface area (Å²) >= 11 is 0. The van der Waals surface area contributed by atoms with Gasteiger partial charge in [-0.15, -0.1) is 0 Å². The van der Waals surface area contributed by atoms with Crippen LogP contribution in [0, 0.1) is 17.6 Å². The van der Waals surface area contributed by atoms with E-state index in [0.29, 0.717) is 0 Å². The van der Waals surface area contributed by atoms with Crippen molar-refractivity contribution in [2.75, 3.05) is 0 Å². The van der Waals surface area contributed by atoms with Gasteiger partial charge in [-0.1, -0.05) is 37.0 Å². The van der Waals surface area contributed by atoms with E-state index in [9.17, 15) is 13.6 Å². The van der Waals surface area contributed by atoms with Crippen molar-refractivity contribution < 1.29 is 18.3 Å². The molecule has 0 radical (unpaired) electrons. The molecule has 1 aliphatic carbocycles. The normalized spacial score (nSPS) is 23.3. The first-order valence-corrected chi connectivity index (χ1v) is 6.50. The molecule has 106 valence electrons. The van der Waals surface area contributed by atoms with Crippen molar-refractivity contribution >= 4 is 5.78 Å². The van der Waals surface area contributed by atoms with Crippen LogP contribution in [0.5, 0.6) is 5.75 Å². The van der Waals surface area contributed by atoms with E-state index < -0.39 is 23.7 Å². The number of carbonyl (C=O) groups is 1. The minimum atomic E-state index is -1.12. The number of allylic oxidation sites excluding steroid dienone is 5. The number of halogens is 2. The molecular formula is C17H12F2O2. The number of benzene rings is 1. The van der Waals surface area contributed by atoms with Gasteiger partial charge in [-0.3, -0.25) is 4.79 Å². The van der Waals surface area contributed by atoms with Crippen molar-refractivity contribution in [1.29, 1.82) is 0 Å². The zero-order valence-corrected chi connectivity index (χ0v) is 11.1. The average Bonchev–Trinajstić information content (AvgIpc) is 2.50. The Bertz CT molecular complexity index is 714. The molecular weight excluding hydrogens is 274 g/mol. The number of Topliss-reactive ketones (excluding diaryl/α,β-unsaturated/α-hetero) is 1. The Balaban J connectivity index is 2.02. The molecule has 0 saturated heterocycles. The average molecular weight is 286 g/mol. The first kappa shape index (κ1) is 13.5. The van der Waals surface area contributed by atoms with E-state index in [1.54, 1.807) is 30.4 Å². The summed E-state index contributed by atoms with van der Waals surface area (Å²) in [6.45, 7) is 3.58. The maximum absolute atomic E-state index is 13.7. The lowest BCUT2D eigenvalue weighted by Crippen LogP contribution is -2.37. The van der Waals surface area contributed by atoms with Crippen LogP contribution in [0.4, 0.5) is 8.78 Å². The van der Waals surface area contributed by atoms with Crippen molar-refractivity contribution in [1.82, 2.24) is 0 Å². The van der Waals surface area contributed by atoms with Gasteiger partial charge in [-0.05, 0) is 23.8 Å². The Kier molecular flexibility index (Phi) is 3.29. The lowest BCUT2D eigenvalue weighted by molar-refractivity contribution is 0.0794. The number of ketones is 1. The zero-order chi connectivity index (χ0) is 15.0. The number of carbonyl (C=O) groups excluding carboxylic acids is 1. The molecule has 0 spiro atoms. The molecule has 2 unspecified atom stereocenters. The van der Waals surface area contributed by atoms with Crippen LogP contribution < -0.4 is 4.74 Å². The summed E-state index contributed by atoms with van der Waals surface area (Å²) in [6.07, 6.45) is 9.81. The molecule has 0 amide bonds. The monoisotopic (exact) mass is 286 g/mol. The lowest BCUT2D eigenvalue weighted by Gasteiger charge is -2.31. The van der Waals surface area contributed by atoms with Crippen molar-refractivity contribution in [3.8, 4) is 5.75 Å². The number of hydrogen-bond acceptors (Lipinski definition) is 2. The zero-order valence-electron chi connectivity index (χ0n) is 11.1. The molecule has 21 heavy (non-hydrogen) atoms. The summed E-state index contributed by atoms with van der Waals surface area (Å²) in [5, 5.41) is 0. The fourth-order valence-electron chi connectivity index (χ4n) is 2.47. The topological polar surface area (TPSA) is 26.3 Å². The second-order valence-electron chi connectivity index (χ2n) is 4.83. The Morgan fingerprint density at radius 2 is 2.10 bits per heavy atom. The highest BCUT2D eigenvalue weighted by Gasteiger charge is 2.38. The largest absolute Gasteiger partial charge is 0.481 e. The van der Waals surface area contributed by atoms with E-state index >= 15 is 0 Å². The smallest absolute Gasteiger partial charge is 0.201 e. The van der Waals surface area contributed by atoms with E-state index in [-0.39, 0.29) is 17.1 Å². The maximum atomic E-state index is 13.7. The molecule has 0 N–H and O–H groups in total. The molecule has 0 bridgehead atoms. The Labute approximate surface area is 120 Å². The summed E-state index contributed by atoms with van der Waals surface area (Å²) in [5.74, 6) is -3.24. The van der Waals surface area contributed by atoms with Crippen LogP contribution in [-0.2, 0) is 0 Å². The van der Waals surface area contributed by atoms with Crippen molar-refractivity contribution in [3.63, 3.8) is 0 Å². The molecule has 1 aromatic carbocycles. The molecule has 1 heterocycles. The highest BCUT2D eigenvalue weighted by atomic mass is 19.2. The van der Waals surface area contributed by atoms with Gasteiger partial charge >= 0.3 is 0 Å². The standard InChI is InChI=1S/C17H12F2O2/c1-2-3-4-10-5-8-14-12(9-10)16(20)11-6-7-13(18)15(19)17(11)21-14/h2-9,12,14H,1H2/b4-3-. The van der Waals surface area contributed by atoms with Crippen molar-refractivity contribution in [2.24, 2.45) is 5.92 Å². The minimum Gasteiger partial charge on any atom is -0.481 e. The predicted octanol–water partition coefficient (Wildman–Crippen LogP) is 3.76. The predicted molar refractivity (Wildman–Crippen MR) is 75.2 cm³/mol. The fourth-order valence-corrected chi connectivity index (χ4v) is 2.47. The van der Waals surface area contributed by atoms with E-state index in [4.69, 9.17) is 4.74 Å². The van der Waals surface area contributed by atoms with Gasteiger partial charge in [0.05, 0.1) is 11.5 Å². The number of rotatable bonds is 2. The molecule has 2 nitrogen and oxygen atoms in total. The second-order valence-corrected chi connectivity index (χ2v) is 4.83. The summed E-state index contributed by atoms with van der Waals surface area (Å²) in [5.41, 5.74) is 0.924. The van der Waals surface area contributed by atoms with Crippen LogP contribution in [0.2, 0.25) is 0 Å². The van der Waals surface area contributed by atoms with E-state index in [2.05, 4.69) is 6.58 Å².